The average Bonchev–Trinajstić information content (AvgIpc) is 3.17. The average molecular weight is 464 g/mol. The Morgan fingerprint density at radius 3 is 2.12 bits per heavy atom. The maximum Gasteiger partial charge on any atom is 0.416 e. The summed E-state index contributed by atoms with van der Waals surface area (Å²) in [5.41, 5.74) is 5.12. The van der Waals surface area contributed by atoms with Crippen molar-refractivity contribution >= 4 is 18.0 Å². The fraction of sp³-hybridized carbons (Fsp3) is 0.333. The smallest absolute Gasteiger partial charge is 0.318 e. The number of halogens is 6. The second kappa shape index (κ2) is 8.98. The Balaban J connectivity index is 2.19. The maximum absolute atomic E-state index is 13.0. The number of benzene rings is 1. The quantitative estimate of drug-likeness (QED) is 0.358. The van der Waals surface area contributed by atoms with Gasteiger partial charge in [-0.25, -0.2) is 9.67 Å². The Morgan fingerprint density at radius 1 is 1.06 bits per heavy atom. The van der Waals surface area contributed by atoms with Crippen molar-refractivity contribution in [1.29, 1.82) is 0 Å². The largest absolute Gasteiger partial charge is 0.416 e. The molecule has 0 radical (unpaired) electrons. The Morgan fingerprint density at radius 2 is 1.62 bits per heavy atom. The van der Waals surface area contributed by atoms with Gasteiger partial charge in [0.2, 0.25) is 0 Å². The van der Waals surface area contributed by atoms with Crippen LogP contribution in [0.2, 0.25) is 0 Å². The van der Waals surface area contributed by atoms with E-state index in [9.17, 15) is 35.9 Å². The predicted octanol–water partition coefficient (Wildman–Crippen LogP) is 2.73. The van der Waals surface area contributed by atoms with Crippen molar-refractivity contribution in [2.24, 2.45) is 5.73 Å². The third-order valence-corrected chi connectivity index (χ3v) is 4.29. The summed E-state index contributed by atoms with van der Waals surface area (Å²) < 4.78 is 78.8. The molecule has 2 rings (SSSR count). The zero-order valence-electron chi connectivity index (χ0n) is 16.7. The number of nitrogens with one attached hydrogen (secondary N) is 2. The molecule has 1 aromatic heterocycles. The highest BCUT2D eigenvalue weighted by Crippen LogP contribution is 2.38. The van der Waals surface area contributed by atoms with Gasteiger partial charge < -0.3 is 5.73 Å². The van der Waals surface area contributed by atoms with Crippen LogP contribution in [0.15, 0.2) is 30.6 Å². The highest BCUT2D eigenvalue weighted by atomic mass is 19.4. The van der Waals surface area contributed by atoms with Crippen molar-refractivity contribution in [2.45, 2.75) is 38.2 Å². The molecule has 1 atom stereocenters. The van der Waals surface area contributed by atoms with E-state index in [1.807, 2.05) is 0 Å². The highest BCUT2D eigenvalue weighted by Gasteiger charge is 2.37. The number of aromatic nitrogens is 3. The number of hydrazine groups is 1. The van der Waals surface area contributed by atoms with Crippen LogP contribution in [0.25, 0.3) is 17.6 Å². The van der Waals surface area contributed by atoms with Crippen molar-refractivity contribution in [3.63, 3.8) is 0 Å². The van der Waals surface area contributed by atoms with Crippen LogP contribution in [-0.2, 0) is 21.9 Å². The first-order chi connectivity index (χ1) is 14.6. The minimum Gasteiger partial charge on any atom is -0.318 e. The van der Waals surface area contributed by atoms with E-state index < -0.39 is 52.2 Å². The summed E-state index contributed by atoms with van der Waals surface area (Å²) in [6, 6.07) is 0.959. The normalized spacial score (nSPS) is 14.3. The zero-order valence-corrected chi connectivity index (χ0v) is 16.7. The number of amides is 2. The van der Waals surface area contributed by atoms with Gasteiger partial charge in [-0.05, 0) is 31.5 Å². The molecule has 2 aromatic rings. The molecular weight excluding hydrogens is 446 g/mol. The minimum atomic E-state index is -5.02. The molecule has 0 spiro atoms. The topological polar surface area (TPSA) is 115 Å². The van der Waals surface area contributed by atoms with Gasteiger partial charge in [0.25, 0.3) is 11.8 Å². The van der Waals surface area contributed by atoms with Gasteiger partial charge in [-0.2, -0.15) is 26.3 Å². The molecule has 8 nitrogen and oxygen atoms in total. The van der Waals surface area contributed by atoms with E-state index in [2.05, 4.69) is 20.9 Å². The molecule has 4 N–H and O–H groups in total. The number of alkyl halides is 6. The van der Waals surface area contributed by atoms with E-state index in [4.69, 9.17) is 5.73 Å². The van der Waals surface area contributed by atoms with Crippen molar-refractivity contribution in [2.75, 3.05) is 0 Å². The summed E-state index contributed by atoms with van der Waals surface area (Å²) in [6.45, 7) is 3.13. The first-order valence-corrected chi connectivity index (χ1v) is 8.92. The molecule has 14 heteroatoms. The number of carbonyl (C=O) groups is 2. The van der Waals surface area contributed by atoms with Gasteiger partial charge in [-0.1, -0.05) is 6.92 Å². The minimum absolute atomic E-state index is 0.0100. The summed E-state index contributed by atoms with van der Waals surface area (Å²) in [7, 11) is 0. The van der Waals surface area contributed by atoms with Crippen molar-refractivity contribution in [1.82, 2.24) is 25.6 Å². The molecule has 0 aliphatic heterocycles. The van der Waals surface area contributed by atoms with Gasteiger partial charge >= 0.3 is 12.4 Å². The van der Waals surface area contributed by atoms with E-state index in [1.165, 1.54) is 6.92 Å². The van der Waals surface area contributed by atoms with Crippen LogP contribution in [0.4, 0.5) is 26.3 Å². The monoisotopic (exact) mass is 464 g/mol. The van der Waals surface area contributed by atoms with Crippen molar-refractivity contribution in [3.8, 4) is 11.4 Å². The van der Waals surface area contributed by atoms with Crippen LogP contribution < -0.4 is 16.6 Å². The Labute approximate surface area is 177 Å². The molecule has 0 unspecified atom stereocenters. The SMILES string of the molecule is CC[C@](C)(N)C(=O)NNC(=O)/C=C\n1cnc(-c2cc(C(F)(F)F)cc(C(F)(F)F)c2)n1. The molecule has 0 aliphatic rings. The number of nitrogens with two attached hydrogens (primary N) is 1. The molecule has 0 aliphatic carbocycles. The predicted molar refractivity (Wildman–Crippen MR) is 100.0 cm³/mol. The zero-order chi connectivity index (χ0) is 24.3. The lowest BCUT2D eigenvalue weighted by Gasteiger charge is -2.21. The second-order valence-corrected chi connectivity index (χ2v) is 6.87. The fourth-order valence-corrected chi connectivity index (χ4v) is 2.17. The van der Waals surface area contributed by atoms with Gasteiger partial charge in [0.15, 0.2) is 5.82 Å². The van der Waals surface area contributed by atoms with E-state index >= 15 is 0 Å². The lowest BCUT2D eigenvalue weighted by atomic mass is 10.0. The molecule has 0 bridgehead atoms. The van der Waals surface area contributed by atoms with Crippen LogP contribution in [0.3, 0.4) is 0 Å². The van der Waals surface area contributed by atoms with Crippen LogP contribution in [-0.4, -0.2) is 32.1 Å². The molecule has 32 heavy (non-hydrogen) atoms. The van der Waals surface area contributed by atoms with Gasteiger partial charge in [-0.15, -0.1) is 5.10 Å². The summed E-state index contributed by atoms with van der Waals surface area (Å²) in [5.74, 6) is -1.88. The Kier molecular flexibility index (Phi) is 6.97. The molecular formula is C18H18F6N6O2. The second-order valence-electron chi connectivity index (χ2n) is 6.87. The van der Waals surface area contributed by atoms with Gasteiger partial charge in [0.1, 0.15) is 6.33 Å². The third-order valence-electron chi connectivity index (χ3n) is 4.29. The molecule has 0 saturated carbocycles. The maximum atomic E-state index is 13.0. The van der Waals surface area contributed by atoms with Crippen molar-refractivity contribution < 1.29 is 35.9 Å². The standard InChI is InChI=1S/C18H18F6N6O2/c1-3-16(2,25)15(32)28-27-13(31)4-5-30-9-26-14(29-30)10-6-11(17(19,20)21)8-12(7-10)18(22,23)24/h4-9H,3,25H2,1-2H3,(H,27,31)(H,28,32)/b5-4-/t16-/m0/s1. The number of rotatable bonds is 5. The molecule has 2 amide bonds. The summed E-state index contributed by atoms with van der Waals surface area (Å²) in [4.78, 5) is 27.2. The van der Waals surface area contributed by atoms with E-state index in [0.29, 0.717) is 18.6 Å². The van der Waals surface area contributed by atoms with Crippen LogP contribution in [0.1, 0.15) is 31.4 Å². The summed E-state index contributed by atoms with van der Waals surface area (Å²) >= 11 is 0. The Hall–Kier alpha value is -3.42. The lowest BCUT2D eigenvalue weighted by molar-refractivity contribution is -0.143. The number of hydrogen-bond acceptors (Lipinski definition) is 5. The van der Waals surface area contributed by atoms with Gasteiger partial charge in [-0.3, -0.25) is 20.4 Å². The van der Waals surface area contributed by atoms with Gasteiger partial charge in [0, 0.05) is 17.8 Å². The molecule has 1 heterocycles. The third kappa shape index (κ3) is 6.29. The molecule has 1 aromatic carbocycles. The number of hydrogen-bond donors (Lipinski definition) is 3. The molecule has 174 valence electrons. The molecule has 0 fully saturated rings. The fourth-order valence-electron chi connectivity index (χ4n) is 2.17. The summed E-state index contributed by atoms with van der Waals surface area (Å²) in [5, 5.41) is 3.74. The van der Waals surface area contributed by atoms with Gasteiger partial charge in [0.05, 0.1) is 16.7 Å². The first-order valence-electron chi connectivity index (χ1n) is 8.92. The number of carbonyl (C=O) groups excluding carboxylic acids is 2. The highest BCUT2D eigenvalue weighted by molar-refractivity contribution is 5.93. The number of nitrogens with zero attached hydrogens (tertiary/aromatic N) is 3. The van der Waals surface area contributed by atoms with E-state index in [1.54, 1.807) is 6.92 Å². The van der Waals surface area contributed by atoms with Crippen LogP contribution in [0.5, 0.6) is 0 Å². The van der Waals surface area contributed by atoms with E-state index in [0.717, 1.165) is 23.3 Å². The summed E-state index contributed by atoms with van der Waals surface area (Å²) in [6.07, 6.45) is -6.84. The van der Waals surface area contributed by atoms with Crippen LogP contribution >= 0.6 is 0 Å². The van der Waals surface area contributed by atoms with E-state index in [-0.39, 0.29) is 6.07 Å². The molecule has 0 saturated heterocycles. The lowest BCUT2D eigenvalue weighted by Crippen LogP contribution is -2.55. The Bertz CT molecular complexity index is 993. The first kappa shape index (κ1) is 24.8. The van der Waals surface area contributed by atoms with Crippen LogP contribution in [0, 0.1) is 0 Å². The van der Waals surface area contributed by atoms with Crippen molar-refractivity contribution in [3.05, 3.63) is 41.7 Å².